The lowest BCUT2D eigenvalue weighted by atomic mass is 9.90. The number of hydrogen-bond acceptors (Lipinski definition) is 2. The van der Waals surface area contributed by atoms with Crippen LogP contribution in [-0.4, -0.2) is 12.4 Å². The maximum Gasteiger partial charge on any atom is 0.240 e. The Bertz CT molecular complexity index is 430. The van der Waals surface area contributed by atoms with Crippen LogP contribution in [0.2, 0.25) is 0 Å². The maximum absolute atomic E-state index is 4.40. The van der Waals surface area contributed by atoms with Gasteiger partial charge in [-0.2, -0.15) is 0 Å². The lowest BCUT2D eigenvalue weighted by Gasteiger charge is -2.16. The van der Waals surface area contributed by atoms with Gasteiger partial charge in [0.2, 0.25) is 6.17 Å². The van der Waals surface area contributed by atoms with Crippen LogP contribution in [0, 0.1) is 12.1 Å². The summed E-state index contributed by atoms with van der Waals surface area (Å²) in [6.07, 6.45) is 40.2. The van der Waals surface area contributed by atoms with Crippen LogP contribution in [0.25, 0.3) is 0 Å². The Morgan fingerprint density at radius 2 is 0.788 bits per heavy atom. The van der Waals surface area contributed by atoms with Crippen molar-refractivity contribution in [2.75, 3.05) is 0 Å². The van der Waals surface area contributed by atoms with Gasteiger partial charge in [0.1, 0.15) is 0 Å². The summed E-state index contributed by atoms with van der Waals surface area (Å²) in [5, 5.41) is 0. The standard InChI is InChI=1S/C31H59N2/c1-3-5-7-9-11-13-15-17-19-21-23-25-30(26-27-31-32-28-29-33-31)24-22-20-18-16-14-12-10-8-6-4-2/h28-30H,3-27H2,1-2H3/q+1. The van der Waals surface area contributed by atoms with Crippen LogP contribution in [-0.2, 0) is 0 Å². The molecule has 192 valence electrons. The van der Waals surface area contributed by atoms with E-state index in [1.165, 1.54) is 154 Å². The van der Waals surface area contributed by atoms with Crippen LogP contribution in [0.1, 0.15) is 174 Å². The Hall–Kier alpha value is -0.790. The first-order valence-electron chi connectivity index (χ1n) is 15.3. The minimum Gasteiger partial charge on any atom is -0.0968 e. The molecule has 0 aromatic rings. The van der Waals surface area contributed by atoms with Gasteiger partial charge in [-0.25, -0.2) is 0 Å². The van der Waals surface area contributed by atoms with E-state index in [2.05, 4.69) is 23.8 Å². The van der Waals surface area contributed by atoms with Crippen molar-refractivity contribution >= 4 is 12.4 Å². The summed E-state index contributed by atoms with van der Waals surface area (Å²) in [4.78, 5) is 8.79. The highest BCUT2D eigenvalue weighted by Crippen LogP contribution is 2.27. The molecule has 1 heterocycles. The van der Waals surface area contributed by atoms with Gasteiger partial charge in [0.05, 0.1) is 6.42 Å². The molecule has 1 aliphatic heterocycles. The first kappa shape index (κ1) is 30.2. The molecular formula is C31H59N2+. The summed E-state index contributed by atoms with van der Waals surface area (Å²) in [6, 6.07) is 0. The van der Waals surface area contributed by atoms with Crippen molar-refractivity contribution in [3.63, 3.8) is 0 Å². The van der Waals surface area contributed by atoms with Crippen molar-refractivity contribution in [3.05, 3.63) is 6.17 Å². The number of aliphatic imine (C=N–C) groups is 2. The summed E-state index contributed by atoms with van der Waals surface area (Å²) >= 11 is 0. The Balaban J connectivity index is 2.04. The predicted molar refractivity (Wildman–Crippen MR) is 150 cm³/mol. The van der Waals surface area contributed by atoms with Gasteiger partial charge < -0.3 is 0 Å². The summed E-state index contributed by atoms with van der Waals surface area (Å²) in [6.45, 7) is 4.61. The zero-order valence-corrected chi connectivity index (χ0v) is 22.8. The summed E-state index contributed by atoms with van der Waals surface area (Å²) in [5.41, 5.74) is 0. The van der Waals surface area contributed by atoms with E-state index in [1.54, 1.807) is 0 Å². The van der Waals surface area contributed by atoms with E-state index >= 15 is 0 Å². The van der Waals surface area contributed by atoms with Crippen LogP contribution in [0.5, 0.6) is 0 Å². The molecule has 0 spiro atoms. The number of hydrogen-bond donors (Lipinski definition) is 0. The molecule has 0 N–H and O–H groups in total. The lowest BCUT2D eigenvalue weighted by Crippen LogP contribution is -2.03. The molecule has 0 saturated carbocycles. The summed E-state index contributed by atoms with van der Waals surface area (Å²) in [5.74, 6) is 0.885. The molecule has 0 radical (unpaired) electrons. The first-order valence-corrected chi connectivity index (χ1v) is 15.3. The molecule has 0 aromatic carbocycles. The van der Waals surface area contributed by atoms with Crippen molar-refractivity contribution in [2.45, 2.75) is 174 Å². The number of unbranched alkanes of at least 4 members (excludes halogenated alkanes) is 19. The average molecular weight is 460 g/mol. The van der Waals surface area contributed by atoms with Crippen molar-refractivity contribution < 1.29 is 0 Å². The summed E-state index contributed by atoms with van der Waals surface area (Å²) < 4.78 is 0. The van der Waals surface area contributed by atoms with E-state index in [9.17, 15) is 0 Å². The fourth-order valence-corrected chi connectivity index (χ4v) is 5.19. The molecule has 1 aliphatic rings. The minimum absolute atomic E-state index is 0.885. The van der Waals surface area contributed by atoms with Crippen molar-refractivity contribution in [1.82, 2.24) is 0 Å². The first-order chi connectivity index (χ1) is 16.4. The number of rotatable bonds is 26. The molecule has 2 nitrogen and oxygen atoms in total. The van der Waals surface area contributed by atoms with Gasteiger partial charge in [-0.1, -0.05) is 172 Å². The van der Waals surface area contributed by atoms with E-state index < -0.39 is 0 Å². The second kappa shape index (κ2) is 24.3. The third kappa shape index (κ3) is 20.3. The van der Waals surface area contributed by atoms with Crippen LogP contribution in [0.3, 0.4) is 0 Å². The van der Waals surface area contributed by atoms with Gasteiger partial charge in [-0.3, -0.25) is 0 Å². The minimum atomic E-state index is 0.885. The third-order valence-corrected chi connectivity index (χ3v) is 7.47. The van der Waals surface area contributed by atoms with Gasteiger partial charge in [0.25, 0.3) is 0 Å². The fraction of sp³-hybridized carbons (Fsp3) is 0.903. The third-order valence-electron chi connectivity index (χ3n) is 7.47. The van der Waals surface area contributed by atoms with Crippen LogP contribution >= 0.6 is 0 Å². The molecule has 2 heteroatoms. The highest BCUT2D eigenvalue weighted by Gasteiger charge is 2.18. The topological polar surface area (TPSA) is 24.7 Å². The molecule has 0 fully saturated rings. The molecule has 0 saturated heterocycles. The SMILES string of the molecule is CCCCCCCCCCCCCC(CCCCCCCCCCCC)CC[C+]1N=CC=N1. The largest absolute Gasteiger partial charge is 0.240 e. The molecule has 1 rings (SSSR count). The molecule has 1 unspecified atom stereocenters. The van der Waals surface area contributed by atoms with Gasteiger partial charge in [0.15, 0.2) is 12.4 Å². The number of nitrogens with zero attached hydrogens (tertiary/aromatic N) is 2. The average Bonchev–Trinajstić information content (AvgIpc) is 3.35. The van der Waals surface area contributed by atoms with Crippen molar-refractivity contribution in [2.24, 2.45) is 15.9 Å². The Kier molecular flexibility index (Phi) is 22.3. The van der Waals surface area contributed by atoms with Gasteiger partial charge in [-0.15, -0.1) is 0 Å². The van der Waals surface area contributed by atoms with Crippen LogP contribution in [0.15, 0.2) is 9.98 Å². The van der Waals surface area contributed by atoms with Crippen molar-refractivity contribution in [3.8, 4) is 0 Å². The molecule has 0 aliphatic carbocycles. The molecule has 33 heavy (non-hydrogen) atoms. The normalized spacial score (nSPS) is 13.9. The summed E-state index contributed by atoms with van der Waals surface area (Å²) in [7, 11) is 0. The molecular weight excluding hydrogens is 400 g/mol. The monoisotopic (exact) mass is 459 g/mol. The van der Waals surface area contributed by atoms with E-state index in [0.717, 1.165) is 18.5 Å². The second-order valence-electron chi connectivity index (χ2n) is 10.7. The van der Waals surface area contributed by atoms with E-state index in [4.69, 9.17) is 0 Å². The van der Waals surface area contributed by atoms with E-state index in [1.807, 2.05) is 12.4 Å². The molecule has 0 bridgehead atoms. The highest BCUT2D eigenvalue weighted by atomic mass is 15.0. The lowest BCUT2D eigenvalue weighted by molar-refractivity contribution is 0.373. The zero-order valence-electron chi connectivity index (χ0n) is 22.8. The highest BCUT2D eigenvalue weighted by molar-refractivity contribution is 6.18. The van der Waals surface area contributed by atoms with Crippen LogP contribution < -0.4 is 0 Å². The Morgan fingerprint density at radius 1 is 0.455 bits per heavy atom. The molecule has 0 aromatic heterocycles. The van der Waals surface area contributed by atoms with E-state index in [0.29, 0.717) is 0 Å². The fourth-order valence-electron chi connectivity index (χ4n) is 5.19. The van der Waals surface area contributed by atoms with Gasteiger partial charge in [0, 0.05) is 0 Å². The zero-order chi connectivity index (χ0) is 23.7. The van der Waals surface area contributed by atoms with Crippen molar-refractivity contribution in [1.29, 1.82) is 0 Å². The van der Waals surface area contributed by atoms with E-state index in [-0.39, 0.29) is 0 Å². The van der Waals surface area contributed by atoms with Gasteiger partial charge in [-0.05, 0) is 12.3 Å². The van der Waals surface area contributed by atoms with Crippen LogP contribution in [0.4, 0.5) is 0 Å². The quantitative estimate of drug-likeness (QED) is 0.0907. The predicted octanol–water partition coefficient (Wildman–Crippen LogP) is 11.0. The maximum atomic E-state index is 4.40. The molecule has 0 amide bonds. The molecule has 1 atom stereocenters. The second-order valence-corrected chi connectivity index (χ2v) is 10.7. The smallest absolute Gasteiger partial charge is 0.0968 e. The Morgan fingerprint density at radius 3 is 1.15 bits per heavy atom. The van der Waals surface area contributed by atoms with Gasteiger partial charge >= 0.3 is 0 Å². The Labute approximate surface area is 208 Å².